The standard InChI is InChI=1S/C13H14N2O/c1-8-6-7-10-12(8)14-11-5-3-4-9(2)15(11)13(10)16/h3-5,8H,6-7H2,1-2H3. The first-order valence-corrected chi connectivity index (χ1v) is 5.69. The molecule has 1 unspecified atom stereocenters. The Hall–Kier alpha value is -1.64. The predicted molar refractivity (Wildman–Crippen MR) is 62.9 cm³/mol. The van der Waals surface area contributed by atoms with E-state index < -0.39 is 0 Å². The first kappa shape index (κ1) is 9.58. The Bertz CT molecular complexity index is 628. The molecule has 3 heteroatoms. The Morgan fingerprint density at radius 1 is 1.44 bits per heavy atom. The second-order valence-corrected chi connectivity index (χ2v) is 4.58. The van der Waals surface area contributed by atoms with Crippen molar-refractivity contribution in [3.05, 3.63) is 45.5 Å². The van der Waals surface area contributed by atoms with Crippen LogP contribution in [0, 0.1) is 6.92 Å². The van der Waals surface area contributed by atoms with Gasteiger partial charge in [-0.15, -0.1) is 0 Å². The summed E-state index contributed by atoms with van der Waals surface area (Å²) in [5.74, 6) is 0.424. The van der Waals surface area contributed by atoms with Crippen molar-refractivity contribution in [2.75, 3.05) is 0 Å². The molecule has 1 aliphatic carbocycles. The van der Waals surface area contributed by atoms with E-state index in [0.29, 0.717) is 5.92 Å². The molecule has 82 valence electrons. The van der Waals surface area contributed by atoms with E-state index in [1.165, 1.54) is 0 Å². The van der Waals surface area contributed by atoms with E-state index >= 15 is 0 Å². The van der Waals surface area contributed by atoms with E-state index in [0.717, 1.165) is 35.4 Å². The topological polar surface area (TPSA) is 34.4 Å². The molecule has 0 amide bonds. The largest absolute Gasteiger partial charge is 0.269 e. The van der Waals surface area contributed by atoms with Crippen molar-refractivity contribution >= 4 is 5.65 Å². The van der Waals surface area contributed by atoms with Gasteiger partial charge in [0.25, 0.3) is 5.56 Å². The highest BCUT2D eigenvalue weighted by atomic mass is 16.1. The molecule has 0 N–H and O–H groups in total. The summed E-state index contributed by atoms with van der Waals surface area (Å²) in [6.45, 7) is 4.09. The smallest absolute Gasteiger partial charge is 0.261 e. The van der Waals surface area contributed by atoms with E-state index in [9.17, 15) is 4.79 Å². The monoisotopic (exact) mass is 214 g/mol. The SMILES string of the molecule is Cc1cccc2nc3c(c(=O)n12)CCC3C. The Morgan fingerprint density at radius 3 is 3.06 bits per heavy atom. The predicted octanol–water partition coefficient (Wildman–Crippen LogP) is 2.05. The Balaban J connectivity index is 2.49. The molecule has 1 aliphatic rings. The van der Waals surface area contributed by atoms with E-state index in [4.69, 9.17) is 0 Å². The van der Waals surface area contributed by atoms with Gasteiger partial charge in [0.2, 0.25) is 0 Å². The van der Waals surface area contributed by atoms with Gasteiger partial charge in [-0.1, -0.05) is 13.0 Å². The van der Waals surface area contributed by atoms with Crippen molar-refractivity contribution in [3.63, 3.8) is 0 Å². The van der Waals surface area contributed by atoms with E-state index in [1.54, 1.807) is 4.40 Å². The maximum absolute atomic E-state index is 12.3. The lowest BCUT2D eigenvalue weighted by atomic mass is 10.1. The number of nitrogens with zero attached hydrogens (tertiary/aromatic N) is 2. The summed E-state index contributed by atoms with van der Waals surface area (Å²) in [7, 11) is 0. The van der Waals surface area contributed by atoms with Crippen LogP contribution in [-0.2, 0) is 6.42 Å². The van der Waals surface area contributed by atoms with Crippen molar-refractivity contribution in [1.29, 1.82) is 0 Å². The molecular weight excluding hydrogens is 200 g/mol. The van der Waals surface area contributed by atoms with Crippen LogP contribution in [0.5, 0.6) is 0 Å². The van der Waals surface area contributed by atoms with Crippen molar-refractivity contribution in [1.82, 2.24) is 9.38 Å². The average molecular weight is 214 g/mol. The third kappa shape index (κ3) is 1.14. The Labute approximate surface area is 93.8 Å². The zero-order valence-electron chi connectivity index (χ0n) is 9.53. The fourth-order valence-corrected chi connectivity index (χ4v) is 2.53. The Morgan fingerprint density at radius 2 is 2.25 bits per heavy atom. The lowest BCUT2D eigenvalue weighted by molar-refractivity contribution is 0.732. The van der Waals surface area contributed by atoms with Crippen LogP contribution in [0.3, 0.4) is 0 Å². The van der Waals surface area contributed by atoms with E-state index in [1.807, 2.05) is 25.1 Å². The molecule has 2 aromatic heterocycles. The molecular formula is C13H14N2O. The summed E-state index contributed by atoms with van der Waals surface area (Å²) in [6, 6.07) is 5.80. The summed E-state index contributed by atoms with van der Waals surface area (Å²) < 4.78 is 1.72. The van der Waals surface area contributed by atoms with Crippen LogP contribution in [0.1, 0.15) is 36.2 Å². The fourth-order valence-electron chi connectivity index (χ4n) is 2.53. The number of aryl methyl sites for hydroxylation is 1. The third-order valence-electron chi connectivity index (χ3n) is 3.46. The van der Waals surface area contributed by atoms with Gasteiger partial charge in [0, 0.05) is 11.3 Å². The molecule has 2 heterocycles. The molecule has 0 aromatic carbocycles. The maximum atomic E-state index is 12.3. The second-order valence-electron chi connectivity index (χ2n) is 4.58. The lowest BCUT2D eigenvalue weighted by Gasteiger charge is -2.08. The third-order valence-corrected chi connectivity index (χ3v) is 3.46. The molecule has 0 spiro atoms. The molecule has 0 saturated heterocycles. The van der Waals surface area contributed by atoms with Crippen molar-refractivity contribution < 1.29 is 0 Å². The highest BCUT2D eigenvalue weighted by molar-refractivity contribution is 5.44. The molecule has 0 saturated carbocycles. The van der Waals surface area contributed by atoms with Crippen LogP contribution in [-0.4, -0.2) is 9.38 Å². The van der Waals surface area contributed by atoms with Crippen LogP contribution in [0.4, 0.5) is 0 Å². The molecule has 3 nitrogen and oxygen atoms in total. The van der Waals surface area contributed by atoms with Gasteiger partial charge in [0.1, 0.15) is 5.65 Å². The lowest BCUT2D eigenvalue weighted by Crippen LogP contribution is -2.21. The van der Waals surface area contributed by atoms with Crippen molar-refractivity contribution in [3.8, 4) is 0 Å². The number of aromatic nitrogens is 2. The number of hydrogen-bond acceptors (Lipinski definition) is 2. The van der Waals surface area contributed by atoms with Crippen LogP contribution in [0.15, 0.2) is 23.0 Å². The van der Waals surface area contributed by atoms with Crippen molar-refractivity contribution in [2.45, 2.75) is 32.6 Å². The molecule has 2 aromatic rings. The summed E-state index contributed by atoms with van der Waals surface area (Å²) in [5, 5.41) is 0. The number of hydrogen-bond donors (Lipinski definition) is 0. The summed E-state index contributed by atoms with van der Waals surface area (Å²) in [5.41, 5.74) is 3.78. The molecule has 16 heavy (non-hydrogen) atoms. The van der Waals surface area contributed by atoms with Gasteiger partial charge in [0.05, 0.1) is 5.69 Å². The number of pyridine rings is 1. The average Bonchev–Trinajstić information content (AvgIpc) is 2.61. The first-order valence-electron chi connectivity index (χ1n) is 5.69. The van der Waals surface area contributed by atoms with Crippen molar-refractivity contribution in [2.24, 2.45) is 0 Å². The summed E-state index contributed by atoms with van der Waals surface area (Å²) >= 11 is 0. The molecule has 0 aliphatic heterocycles. The number of rotatable bonds is 0. The normalized spacial score (nSPS) is 19.0. The van der Waals surface area contributed by atoms with Gasteiger partial charge in [-0.25, -0.2) is 4.98 Å². The van der Waals surface area contributed by atoms with Gasteiger partial charge in [0.15, 0.2) is 0 Å². The van der Waals surface area contributed by atoms with Crippen LogP contribution in [0.25, 0.3) is 5.65 Å². The van der Waals surface area contributed by atoms with Gasteiger partial charge in [-0.2, -0.15) is 0 Å². The number of fused-ring (bicyclic) bond motifs is 2. The molecule has 1 atom stereocenters. The first-order chi connectivity index (χ1) is 7.68. The van der Waals surface area contributed by atoms with Gasteiger partial charge in [-0.3, -0.25) is 9.20 Å². The highest BCUT2D eigenvalue weighted by Gasteiger charge is 2.24. The minimum atomic E-state index is 0.127. The minimum Gasteiger partial charge on any atom is -0.269 e. The molecule has 3 rings (SSSR count). The minimum absolute atomic E-state index is 0.127. The summed E-state index contributed by atoms with van der Waals surface area (Å²) in [4.78, 5) is 16.9. The summed E-state index contributed by atoms with van der Waals surface area (Å²) in [6.07, 6.45) is 1.92. The zero-order chi connectivity index (χ0) is 11.3. The van der Waals surface area contributed by atoms with Gasteiger partial charge < -0.3 is 0 Å². The van der Waals surface area contributed by atoms with E-state index in [2.05, 4.69) is 11.9 Å². The van der Waals surface area contributed by atoms with Crippen LogP contribution >= 0.6 is 0 Å². The van der Waals surface area contributed by atoms with Gasteiger partial charge in [-0.05, 0) is 37.8 Å². The maximum Gasteiger partial charge on any atom is 0.261 e. The van der Waals surface area contributed by atoms with E-state index in [-0.39, 0.29) is 5.56 Å². The zero-order valence-corrected chi connectivity index (χ0v) is 9.53. The second kappa shape index (κ2) is 3.17. The molecule has 0 bridgehead atoms. The molecule has 0 radical (unpaired) electrons. The Kier molecular flexibility index (Phi) is 1.90. The fraction of sp³-hybridized carbons (Fsp3) is 0.385. The van der Waals surface area contributed by atoms with Gasteiger partial charge >= 0.3 is 0 Å². The highest BCUT2D eigenvalue weighted by Crippen LogP contribution is 2.28. The van der Waals surface area contributed by atoms with Crippen LogP contribution < -0.4 is 5.56 Å². The molecule has 0 fully saturated rings. The quantitative estimate of drug-likeness (QED) is 0.672. The van der Waals surface area contributed by atoms with Crippen LogP contribution in [0.2, 0.25) is 0 Å².